The van der Waals surface area contributed by atoms with Crippen LogP contribution in [0.15, 0.2) is 24.3 Å². The molecule has 0 aromatic heterocycles. The second-order valence-corrected chi connectivity index (χ2v) is 7.36. The summed E-state index contributed by atoms with van der Waals surface area (Å²) in [6.45, 7) is 7.02. The summed E-state index contributed by atoms with van der Waals surface area (Å²) in [5.41, 5.74) is 7.81. The molecule has 3 heteroatoms. The van der Waals surface area contributed by atoms with Gasteiger partial charge >= 0.3 is 0 Å². The van der Waals surface area contributed by atoms with E-state index in [-0.39, 0.29) is 5.91 Å². The Morgan fingerprint density at radius 3 is 2.38 bits per heavy atom. The van der Waals surface area contributed by atoms with Crippen LogP contribution in [0.4, 0.5) is 5.69 Å². The number of amides is 1. The lowest BCUT2D eigenvalue weighted by Gasteiger charge is -2.37. The largest absolute Gasteiger partial charge is 0.382 e. The minimum atomic E-state index is -0.277. The third-order valence-electron chi connectivity index (χ3n) is 4.69. The number of rotatable bonds is 4. The predicted octanol–water partition coefficient (Wildman–Crippen LogP) is 3.73. The molecular weight excluding hydrogens is 260 g/mol. The maximum atomic E-state index is 11.2. The van der Waals surface area contributed by atoms with Gasteiger partial charge in [0, 0.05) is 11.7 Å². The number of hydrogen-bond donors (Lipinski definition) is 2. The maximum absolute atomic E-state index is 11.2. The lowest BCUT2D eigenvalue weighted by molar-refractivity contribution is -0.117. The monoisotopic (exact) mass is 288 g/mol. The Morgan fingerprint density at radius 1 is 1.19 bits per heavy atom. The Hall–Kier alpha value is -1.51. The molecule has 21 heavy (non-hydrogen) atoms. The fourth-order valence-electron chi connectivity index (χ4n) is 3.33. The molecule has 1 aromatic carbocycles. The van der Waals surface area contributed by atoms with E-state index in [1.54, 1.807) is 0 Å². The Labute approximate surface area is 128 Å². The van der Waals surface area contributed by atoms with Gasteiger partial charge in [-0.2, -0.15) is 0 Å². The Kier molecular flexibility index (Phi) is 4.92. The van der Waals surface area contributed by atoms with Crippen molar-refractivity contribution in [2.75, 3.05) is 5.32 Å². The molecule has 0 heterocycles. The average molecular weight is 288 g/mol. The highest BCUT2D eigenvalue weighted by atomic mass is 16.1. The van der Waals surface area contributed by atoms with Crippen molar-refractivity contribution in [3.63, 3.8) is 0 Å². The first-order valence-corrected chi connectivity index (χ1v) is 7.99. The first-order chi connectivity index (χ1) is 9.86. The molecule has 3 nitrogen and oxygen atoms in total. The van der Waals surface area contributed by atoms with Gasteiger partial charge in [-0.15, -0.1) is 0 Å². The van der Waals surface area contributed by atoms with Gasteiger partial charge in [0.15, 0.2) is 0 Å². The number of carbonyl (C=O) groups is 1. The molecule has 116 valence electrons. The SMILES string of the molecule is CC(C)(C)C1CCC(Nc2ccccc2CC(N)=O)CC1. The fraction of sp³-hybridized carbons (Fsp3) is 0.611. The Bertz CT molecular complexity index is 482. The quantitative estimate of drug-likeness (QED) is 0.887. The number of nitrogens with one attached hydrogen (secondary N) is 1. The van der Waals surface area contributed by atoms with E-state index in [9.17, 15) is 4.79 Å². The number of anilines is 1. The summed E-state index contributed by atoms with van der Waals surface area (Å²) in [7, 11) is 0. The number of para-hydroxylation sites is 1. The van der Waals surface area contributed by atoms with Crippen LogP contribution in [0, 0.1) is 11.3 Å². The summed E-state index contributed by atoms with van der Waals surface area (Å²) in [6, 6.07) is 8.51. The van der Waals surface area contributed by atoms with E-state index in [1.165, 1.54) is 25.7 Å². The molecule has 0 unspecified atom stereocenters. The van der Waals surface area contributed by atoms with E-state index in [4.69, 9.17) is 5.73 Å². The van der Waals surface area contributed by atoms with Gasteiger partial charge in [0.1, 0.15) is 0 Å². The lowest BCUT2D eigenvalue weighted by atomic mass is 9.71. The molecule has 0 saturated heterocycles. The molecule has 1 aliphatic rings. The maximum Gasteiger partial charge on any atom is 0.221 e. The smallest absolute Gasteiger partial charge is 0.221 e. The van der Waals surface area contributed by atoms with Gasteiger partial charge < -0.3 is 11.1 Å². The van der Waals surface area contributed by atoms with Crippen LogP contribution in [-0.4, -0.2) is 11.9 Å². The molecule has 1 fully saturated rings. The minimum Gasteiger partial charge on any atom is -0.382 e. The van der Waals surface area contributed by atoms with Crippen molar-refractivity contribution in [3.05, 3.63) is 29.8 Å². The third kappa shape index (κ3) is 4.48. The van der Waals surface area contributed by atoms with E-state index in [0.717, 1.165) is 17.2 Å². The Balaban J connectivity index is 1.96. The second-order valence-electron chi connectivity index (χ2n) is 7.36. The van der Waals surface area contributed by atoms with Crippen molar-refractivity contribution in [2.45, 2.75) is 58.9 Å². The zero-order chi connectivity index (χ0) is 15.5. The summed E-state index contributed by atoms with van der Waals surface area (Å²) in [6.07, 6.45) is 5.26. The van der Waals surface area contributed by atoms with Crippen molar-refractivity contribution >= 4 is 11.6 Å². The van der Waals surface area contributed by atoms with Crippen LogP contribution >= 0.6 is 0 Å². The fourth-order valence-corrected chi connectivity index (χ4v) is 3.33. The summed E-state index contributed by atoms with van der Waals surface area (Å²) in [4.78, 5) is 11.2. The van der Waals surface area contributed by atoms with Crippen molar-refractivity contribution in [2.24, 2.45) is 17.1 Å². The topological polar surface area (TPSA) is 55.1 Å². The van der Waals surface area contributed by atoms with Crippen LogP contribution in [0.3, 0.4) is 0 Å². The molecule has 0 bridgehead atoms. The van der Waals surface area contributed by atoms with Gasteiger partial charge in [-0.05, 0) is 48.6 Å². The number of primary amides is 1. The standard InChI is InChI=1S/C18H28N2O/c1-18(2,3)14-8-10-15(11-9-14)20-16-7-5-4-6-13(16)12-17(19)21/h4-7,14-15,20H,8-12H2,1-3H3,(H2,19,21). The highest BCUT2D eigenvalue weighted by molar-refractivity contribution is 5.78. The van der Waals surface area contributed by atoms with Gasteiger partial charge in [0.05, 0.1) is 6.42 Å². The van der Waals surface area contributed by atoms with E-state index in [1.807, 2.05) is 24.3 Å². The van der Waals surface area contributed by atoms with E-state index >= 15 is 0 Å². The van der Waals surface area contributed by atoms with Gasteiger partial charge in [0.2, 0.25) is 5.91 Å². The zero-order valence-corrected chi connectivity index (χ0v) is 13.5. The molecule has 1 aromatic rings. The van der Waals surface area contributed by atoms with Crippen molar-refractivity contribution in [1.29, 1.82) is 0 Å². The van der Waals surface area contributed by atoms with Crippen LogP contribution in [0.25, 0.3) is 0 Å². The van der Waals surface area contributed by atoms with Crippen LogP contribution in [-0.2, 0) is 11.2 Å². The highest BCUT2D eigenvalue weighted by Gasteiger charge is 2.29. The lowest BCUT2D eigenvalue weighted by Crippen LogP contribution is -2.32. The average Bonchev–Trinajstić information content (AvgIpc) is 2.40. The molecule has 0 atom stereocenters. The van der Waals surface area contributed by atoms with E-state index in [2.05, 4.69) is 26.1 Å². The van der Waals surface area contributed by atoms with Crippen molar-refractivity contribution in [1.82, 2.24) is 0 Å². The summed E-state index contributed by atoms with van der Waals surface area (Å²) < 4.78 is 0. The molecule has 0 spiro atoms. The number of carbonyl (C=O) groups excluding carboxylic acids is 1. The summed E-state index contributed by atoms with van der Waals surface area (Å²) >= 11 is 0. The van der Waals surface area contributed by atoms with Gasteiger partial charge in [-0.25, -0.2) is 0 Å². The van der Waals surface area contributed by atoms with Crippen LogP contribution in [0.5, 0.6) is 0 Å². The molecule has 1 amide bonds. The molecule has 3 N–H and O–H groups in total. The van der Waals surface area contributed by atoms with Crippen molar-refractivity contribution in [3.8, 4) is 0 Å². The van der Waals surface area contributed by atoms with Gasteiger partial charge in [0.25, 0.3) is 0 Å². The van der Waals surface area contributed by atoms with Crippen LogP contribution in [0.1, 0.15) is 52.0 Å². The molecule has 1 aliphatic carbocycles. The molecule has 0 radical (unpaired) electrons. The zero-order valence-electron chi connectivity index (χ0n) is 13.5. The summed E-state index contributed by atoms with van der Waals surface area (Å²) in [5, 5.41) is 3.62. The number of nitrogens with two attached hydrogens (primary N) is 1. The first kappa shape index (κ1) is 15.9. The number of hydrogen-bond acceptors (Lipinski definition) is 2. The van der Waals surface area contributed by atoms with E-state index in [0.29, 0.717) is 17.9 Å². The van der Waals surface area contributed by atoms with Crippen LogP contribution < -0.4 is 11.1 Å². The van der Waals surface area contributed by atoms with Crippen LogP contribution in [0.2, 0.25) is 0 Å². The highest BCUT2D eigenvalue weighted by Crippen LogP contribution is 2.38. The normalized spacial score (nSPS) is 22.8. The Morgan fingerprint density at radius 2 is 1.81 bits per heavy atom. The van der Waals surface area contributed by atoms with Gasteiger partial charge in [-0.1, -0.05) is 39.0 Å². The molecule has 2 rings (SSSR count). The molecule has 0 aliphatic heterocycles. The minimum absolute atomic E-state index is 0.277. The molecule has 1 saturated carbocycles. The number of benzene rings is 1. The second kappa shape index (κ2) is 6.50. The van der Waals surface area contributed by atoms with E-state index < -0.39 is 0 Å². The third-order valence-corrected chi connectivity index (χ3v) is 4.69. The summed E-state index contributed by atoms with van der Waals surface area (Å²) in [5.74, 6) is 0.539. The predicted molar refractivity (Wildman–Crippen MR) is 88.2 cm³/mol. The first-order valence-electron chi connectivity index (χ1n) is 7.99. The van der Waals surface area contributed by atoms with Crippen molar-refractivity contribution < 1.29 is 4.79 Å². The molecular formula is C18H28N2O. The van der Waals surface area contributed by atoms with Gasteiger partial charge in [-0.3, -0.25) is 4.79 Å².